The Bertz CT molecular complexity index is 1790. The van der Waals surface area contributed by atoms with Gasteiger partial charge in [-0.15, -0.1) is 0 Å². The number of ether oxygens (including phenoxy) is 1. The zero-order valence-corrected chi connectivity index (χ0v) is 22.1. The predicted molar refractivity (Wildman–Crippen MR) is 151 cm³/mol. The quantitative estimate of drug-likeness (QED) is 0.287. The number of imidazole rings is 1. The molecule has 0 aliphatic carbocycles. The first-order valence-corrected chi connectivity index (χ1v) is 13.5. The van der Waals surface area contributed by atoms with Gasteiger partial charge in [-0.1, -0.05) is 12.1 Å². The van der Waals surface area contributed by atoms with E-state index in [1.54, 1.807) is 12.5 Å². The summed E-state index contributed by atoms with van der Waals surface area (Å²) in [5.41, 5.74) is 8.87. The normalized spacial score (nSPS) is 16.1. The zero-order valence-electron chi connectivity index (χ0n) is 22.1. The van der Waals surface area contributed by atoms with Gasteiger partial charge in [-0.2, -0.15) is 0 Å². The van der Waals surface area contributed by atoms with Crippen LogP contribution in [0, 0.1) is 0 Å². The average Bonchev–Trinajstić information content (AvgIpc) is 3.62. The number of benzene rings is 2. The number of pyridine rings is 2. The number of aromatic amines is 1. The SMILES string of the molecule is CC1Oc2cc(N3CCCC3=O)ccc2-c2cnc(Cc3cncc(CC(=O)c4cccc5[nH]cnc45)c3)cc21. The van der Waals surface area contributed by atoms with Gasteiger partial charge >= 0.3 is 0 Å². The van der Waals surface area contributed by atoms with Crippen LogP contribution in [0.4, 0.5) is 5.69 Å². The van der Waals surface area contributed by atoms with E-state index < -0.39 is 0 Å². The molecule has 1 unspecified atom stereocenters. The van der Waals surface area contributed by atoms with Crippen LogP contribution in [0.5, 0.6) is 5.75 Å². The van der Waals surface area contributed by atoms with Crippen molar-refractivity contribution in [3.63, 3.8) is 0 Å². The minimum Gasteiger partial charge on any atom is -0.485 e. The van der Waals surface area contributed by atoms with Crippen molar-refractivity contribution in [2.45, 2.75) is 38.7 Å². The van der Waals surface area contributed by atoms with E-state index in [1.807, 2.05) is 66.7 Å². The lowest BCUT2D eigenvalue weighted by Gasteiger charge is -2.28. The van der Waals surface area contributed by atoms with E-state index in [1.165, 1.54) is 0 Å². The fourth-order valence-corrected chi connectivity index (χ4v) is 5.76. The van der Waals surface area contributed by atoms with Gasteiger partial charge in [0.1, 0.15) is 11.9 Å². The highest BCUT2D eigenvalue weighted by molar-refractivity contribution is 6.06. The molecule has 198 valence electrons. The molecule has 0 radical (unpaired) electrons. The van der Waals surface area contributed by atoms with Gasteiger partial charge in [-0.05, 0) is 54.8 Å². The number of ketones is 1. The van der Waals surface area contributed by atoms with Gasteiger partial charge < -0.3 is 14.6 Å². The molecule has 2 aliphatic heterocycles. The highest BCUT2D eigenvalue weighted by Gasteiger charge is 2.27. The Kier molecular flexibility index (Phi) is 5.88. The summed E-state index contributed by atoms with van der Waals surface area (Å²) in [5.74, 6) is 0.942. The number of carbonyl (C=O) groups is 2. The highest BCUT2D eigenvalue weighted by Crippen LogP contribution is 2.44. The van der Waals surface area contributed by atoms with Crippen LogP contribution in [-0.2, 0) is 17.6 Å². The van der Waals surface area contributed by atoms with Crippen molar-refractivity contribution in [2.75, 3.05) is 11.4 Å². The molecule has 0 saturated carbocycles. The summed E-state index contributed by atoms with van der Waals surface area (Å²) in [6, 6.07) is 15.7. The van der Waals surface area contributed by atoms with Gasteiger partial charge in [-0.3, -0.25) is 19.6 Å². The lowest BCUT2D eigenvalue weighted by atomic mass is 9.93. The van der Waals surface area contributed by atoms with E-state index in [-0.39, 0.29) is 24.2 Å². The van der Waals surface area contributed by atoms with Crippen LogP contribution >= 0.6 is 0 Å². The summed E-state index contributed by atoms with van der Waals surface area (Å²) in [6.45, 7) is 2.78. The van der Waals surface area contributed by atoms with Crippen LogP contribution < -0.4 is 9.64 Å². The predicted octanol–water partition coefficient (Wildman–Crippen LogP) is 5.62. The first-order chi connectivity index (χ1) is 19.5. The number of fused-ring (bicyclic) bond motifs is 4. The summed E-state index contributed by atoms with van der Waals surface area (Å²) in [4.78, 5) is 43.7. The molecule has 2 aliphatic rings. The average molecular weight is 530 g/mol. The maximum Gasteiger partial charge on any atom is 0.227 e. The Morgan fingerprint density at radius 2 is 1.95 bits per heavy atom. The lowest BCUT2D eigenvalue weighted by molar-refractivity contribution is -0.117. The molecule has 2 aromatic carbocycles. The molecular weight excluding hydrogens is 502 g/mol. The number of Topliss-reactive ketones (excluding diaryl/α,β-unsaturated/α-hetero) is 1. The topological polar surface area (TPSA) is 101 Å². The molecule has 8 nitrogen and oxygen atoms in total. The van der Waals surface area contributed by atoms with Crippen molar-refractivity contribution in [2.24, 2.45) is 0 Å². The van der Waals surface area contributed by atoms with Gasteiger partial charge in [0, 0.05) is 84.1 Å². The highest BCUT2D eigenvalue weighted by atomic mass is 16.5. The summed E-state index contributed by atoms with van der Waals surface area (Å²) in [6.07, 6.45) is 9.25. The van der Waals surface area contributed by atoms with Crippen LogP contribution in [0.2, 0.25) is 0 Å². The summed E-state index contributed by atoms with van der Waals surface area (Å²) >= 11 is 0. The smallest absolute Gasteiger partial charge is 0.227 e. The monoisotopic (exact) mass is 529 g/mol. The van der Waals surface area contributed by atoms with Gasteiger partial charge in [0.25, 0.3) is 0 Å². The first-order valence-electron chi connectivity index (χ1n) is 13.5. The second-order valence-electron chi connectivity index (χ2n) is 10.4. The number of H-pyrrole nitrogens is 1. The van der Waals surface area contributed by atoms with Crippen molar-refractivity contribution in [1.82, 2.24) is 19.9 Å². The molecule has 7 rings (SSSR count). The van der Waals surface area contributed by atoms with E-state index in [9.17, 15) is 9.59 Å². The molecule has 40 heavy (non-hydrogen) atoms. The Labute approximate surface area is 231 Å². The van der Waals surface area contributed by atoms with Crippen molar-refractivity contribution in [3.05, 3.63) is 101 Å². The first kappa shape index (κ1) is 24.2. The number of aromatic nitrogens is 4. The molecule has 5 aromatic rings. The van der Waals surface area contributed by atoms with Crippen molar-refractivity contribution < 1.29 is 14.3 Å². The molecular formula is C32H27N5O3. The molecule has 8 heteroatoms. The number of rotatable bonds is 6. The lowest BCUT2D eigenvalue weighted by Crippen LogP contribution is -2.24. The molecule has 1 N–H and O–H groups in total. The number of hydrogen-bond acceptors (Lipinski definition) is 6. The zero-order chi connectivity index (χ0) is 27.2. The minimum absolute atomic E-state index is 0.00505. The van der Waals surface area contributed by atoms with E-state index in [0.717, 1.165) is 63.4 Å². The minimum atomic E-state index is -0.152. The van der Waals surface area contributed by atoms with Gasteiger partial charge in [0.05, 0.1) is 17.4 Å². The second-order valence-corrected chi connectivity index (χ2v) is 10.4. The number of amides is 1. The third-order valence-corrected chi connectivity index (χ3v) is 7.73. The fraction of sp³-hybridized carbons (Fsp3) is 0.219. The summed E-state index contributed by atoms with van der Waals surface area (Å²) in [7, 11) is 0. The Hall–Kier alpha value is -4.85. The molecule has 0 spiro atoms. The standard InChI is InChI=1S/C32H27N5O3/c1-19-26-13-22(34-17-27(26)24-8-7-23(14-30(24)40-19)37-9-3-6-31(37)39)11-20-10-21(16-33-15-20)12-29(38)25-4-2-5-28-32(25)36-18-35-28/h2,4-5,7-8,10,13-19H,3,6,9,11-12H2,1H3,(H,35,36). The second kappa shape index (κ2) is 9.72. The molecule has 1 fully saturated rings. The maximum absolute atomic E-state index is 13.1. The third kappa shape index (κ3) is 4.31. The van der Waals surface area contributed by atoms with E-state index >= 15 is 0 Å². The van der Waals surface area contributed by atoms with Crippen LogP contribution in [0.25, 0.3) is 22.2 Å². The number of anilines is 1. The Balaban J connectivity index is 1.11. The number of para-hydroxylation sites is 1. The van der Waals surface area contributed by atoms with Gasteiger partial charge in [0.15, 0.2) is 5.78 Å². The number of hydrogen-bond donors (Lipinski definition) is 1. The van der Waals surface area contributed by atoms with E-state index in [4.69, 9.17) is 9.72 Å². The number of nitrogens with zero attached hydrogens (tertiary/aromatic N) is 4. The molecule has 1 saturated heterocycles. The molecule has 0 bridgehead atoms. The van der Waals surface area contributed by atoms with Crippen LogP contribution in [0.15, 0.2) is 73.4 Å². The van der Waals surface area contributed by atoms with Crippen molar-refractivity contribution in [3.8, 4) is 16.9 Å². The molecule has 3 aromatic heterocycles. The molecule has 1 atom stereocenters. The fourth-order valence-electron chi connectivity index (χ4n) is 5.76. The van der Waals surface area contributed by atoms with Gasteiger partial charge in [0.2, 0.25) is 5.91 Å². The van der Waals surface area contributed by atoms with Crippen LogP contribution in [-0.4, -0.2) is 38.2 Å². The largest absolute Gasteiger partial charge is 0.485 e. The number of nitrogens with one attached hydrogen (secondary N) is 1. The molecule has 5 heterocycles. The Morgan fingerprint density at radius 1 is 1.05 bits per heavy atom. The van der Waals surface area contributed by atoms with E-state index in [0.29, 0.717) is 23.9 Å². The summed E-state index contributed by atoms with van der Waals surface area (Å²) in [5, 5.41) is 0. The summed E-state index contributed by atoms with van der Waals surface area (Å²) < 4.78 is 6.31. The van der Waals surface area contributed by atoms with Gasteiger partial charge in [-0.25, -0.2) is 4.98 Å². The third-order valence-electron chi connectivity index (χ3n) is 7.73. The maximum atomic E-state index is 13.1. The molecule has 1 amide bonds. The van der Waals surface area contributed by atoms with E-state index in [2.05, 4.69) is 21.0 Å². The Morgan fingerprint density at radius 3 is 2.83 bits per heavy atom. The van der Waals surface area contributed by atoms with Crippen molar-refractivity contribution >= 4 is 28.4 Å². The van der Waals surface area contributed by atoms with Crippen LogP contribution in [0.3, 0.4) is 0 Å². The van der Waals surface area contributed by atoms with Crippen LogP contribution in [0.1, 0.15) is 58.6 Å². The number of carbonyl (C=O) groups excluding carboxylic acids is 2. The van der Waals surface area contributed by atoms with Crippen molar-refractivity contribution in [1.29, 1.82) is 0 Å².